The lowest BCUT2D eigenvalue weighted by molar-refractivity contribution is 0.0288. The first-order chi connectivity index (χ1) is 4.04. The fraction of sp³-hybridized carbons (Fsp3) is 1.00. The van der Waals surface area contributed by atoms with Crippen LogP contribution in [0.1, 0.15) is 19.8 Å². The van der Waals surface area contributed by atoms with Crippen LogP contribution >= 0.6 is 0 Å². The van der Waals surface area contributed by atoms with Gasteiger partial charge in [-0.25, -0.2) is 0 Å². The van der Waals surface area contributed by atoms with Crippen LogP contribution < -0.4 is 5.73 Å². The van der Waals surface area contributed by atoms with E-state index in [-0.39, 0.29) is 0 Å². The molecule has 0 radical (unpaired) electrons. The highest BCUT2D eigenvalue weighted by Crippen LogP contribution is 2.27. The lowest BCUT2D eigenvalue weighted by Gasteiger charge is -2.22. The Bertz CT molecular complexity index is 114. The Hall–Kier alpha value is -0.120. The molecule has 0 aromatic carbocycles. The molecule has 54 valence electrons. The van der Waals surface area contributed by atoms with Gasteiger partial charge in [0.25, 0.3) is 0 Å². The van der Waals surface area contributed by atoms with Gasteiger partial charge in [0, 0.05) is 0 Å². The average molecular weight is 131 g/mol. The van der Waals surface area contributed by atoms with E-state index in [1.165, 1.54) is 0 Å². The van der Waals surface area contributed by atoms with Gasteiger partial charge in [-0.3, -0.25) is 0 Å². The Balaban J connectivity index is 2.62. The second-order valence-electron chi connectivity index (χ2n) is 2.99. The van der Waals surface area contributed by atoms with E-state index in [9.17, 15) is 5.11 Å². The highest BCUT2D eigenvalue weighted by molar-refractivity contribution is 4.97. The van der Waals surface area contributed by atoms with Gasteiger partial charge in [-0.05, 0) is 19.8 Å². The summed E-state index contributed by atoms with van der Waals surface area (Å²) in [5.74, 6) is 0. The van der Waals surface area contributed by atoms with Crippen molar-refractivity contribution in [3.8, 4) is 0 Å². The van der Waals surface area contributed by atoms with Crippen LogP contribution in [0.3, 0.4) is 0 Å². The highest BCUT2D eigenvalue weighted by atomic mass is 16.3. The summed E-state index contributed by atoms with van der Waals surface area (Å²) in [6.07, 6.45) is 0.712. The summed E-state index contributed by atoms with van der Waals surface area (Å²) in [5, 5.41) is 18.4. The quantitative estimate of drug-likeness (QED) is 0.404. The van der Waals surface area contributed by atoms with Gasteiger partial charge in [-0.1, -0.05) is 0 Å². The molecule has 9 heavy (non-hydrogen) atoms. The maximum atomic E-state index is 9.35. The van der Waals surface area contributed by atoms with Crippen molar-refractivity contribution in [2.75, 3.05) is 0 Å². The molecule has 0 amide bonds. The molecule has 0 bridgehead atoms. The molecule has 1 saturated carbocycles. The summed E-state index contributed by atoms with van der Waals surface area (Å²) in [5.41, 5.74) is 4.61. The van der Waals surface area contributed by atoms with Crippen LogP contribution in [0.25, 0.3) is 0 Å². The Morgan fingerprint density at radius 1 is 1.67 bits per heavy atom. The zero-order chi connectivity index (χ0) is 7.07. The van der Waals surface area contributed by atoms with Crippen LogP contribution in [-0.2, 0) is 0 Å². The number of nitrogens with two attached hydrogens (primary N) is 1. The molecule has 0 spiro atoms. The fourth-order valence-electron chi connectivity index (χ4n) is 1.20. The number of rotatable bonds is 0. The summed E-state index contributed by atoms with van der Waals surface area (Å²) in [6, 6.07) is -0.461. The summed E-state index contributed by atoms with van der Waals surface area (Å²) in [7, 11) is 0. The number of hydrogen-bond acceptors (Lipinski definition) is 3. The van der Waals surface area contributed by atoms with E-state index in [0.717, 1.165) is 0 Å². The van der Waals surface area contributed by atoms with Crippen LogP contribution in [-0.4, -0.2) is 28.0 Å². The molecular weight excluding hydrogens is 118 g/mol. The molecule has 0 aromatic heterocycles. The van der Waals surface area contributed by atoms with Crippen LogP contribution in [0.2, 0.25) is 0 Å². The Kier molecular flexibility index (Phi) is 1.50. The summed E-state index contributed by atoms with van der Waals surface area (Å²) in [4.78, 5) is 0. The van der Waals surface area contributed by atoms with E-state index in [2.05, 4.69) is 0 Å². The summed E-state index contributed by atoms with van der Waals surface area (Å²) in [6.45, 7) is 1.66. The molecule has 0 saturated heterocycles. The Morgan fingerprint density at radius 2 is 2.22 bits per heavy atom. The first kappa shape index (κ1) is 6.99. The molecule has 0 aliphatic heterocycles. The van der Waals surface area contributed by atoms with Crippen molar-refractivity contribution >= 4 is 0 Å². The molecule has 3 heteroatoms. The van der Waals surface area contributed by atoms with Crippen molar-refractivity contribution in [1.29, 1.82) is 0 Å². The molecule has 1 aliphatic rings. The molecular formula is C6H13NO2. The van der Waals surface area contributed by atoms with Gasteiger partial charge in [0.2, 0.25) is 0 Å². The molecule has 0 unspecified atom stereocenters. The van der Waals surface area contributed by atoms with Crippen molar-refractivity contribution in [2.45, 2.75) is 37.5 Å². The fourth-order valence-corrected chi connectivity index (χ4v) is 1.20. The van der Waals surface area contributed by atoms with Gasteiger partial charge in [-0.2, -0.15) is 0 Å². The predicted molar refractivity (Wildman–Crippen MR) is 33.8 cm³/mol. The maximum absolute atomic E-state index is 9.35. The van der Waals surface area contributed by atoms with Gasteiger partial charge in [0.05, 0.1) is 17.7 Å². The van der Waals surface area contributed by atoms with Crippen LogP contribution in [0.5, 0.6) is 0 Å². The van der Waals surface area contributed by atoms with E-state index in [0.29, 0.717) is 12.8 Å². The minimum absolute atomic E-state index is 0.461. The van der Waals surface area contributed by atoms with E-state index in [1.54, 1.807) is 6.92 Å². The molecule has 3 nitrogen and oxygen atoms in total. The van der Waals surface area contributed by atoms with Crippen molar-refractivity contribution < 1.29 is 10.2 Å². The minimum Gasteiger partial charge on any atom is -0.391 e. The van der Waals surface area contributed by atoms with E-state index in [1.807, 2.05) is 0 Å². The molecule has 3 atom stereocenters. The third kappa shape index (κ3) is 1.08. The summed E-state index contributed by atoms with van der Waals surface area (Å²) < 4.78 is 0. The normalized spacial score (nSPS) is 52.0. The number of aliphatic hydroxyl groups excluding tert-OH is 1. The highest BCUT2D eigenvalue weighted by Gasteiger charge is 2.40. The van der Waals surface area contributed by atoms with Gasteiger partial charge >= 0.3 is 0 Å². The van der Waals surface area contributed by atoms with Gasteiger partial charge in [0.1, 0.15) is 0 Å². The van der Waals surface area contributed by atoms with Gasteiger partial charge in [0.15, 0.2) is 0 Å². The zero-order valence-corrected chi connectivity index (χ0v) is 5.54. The van der Waals surface area contributed by atoms with Crippen LogP contribution in [0.15, 0.2) is 0 Å². The summed E-state index contributed by atoms with van der Waals surface area (Å²) >= 11 is 0. The van der Waals surface area contributed by atoms with E-state index >= 15 is 0 Å². The first-order valence-corrected chi connectivity index (χ1v) is 3.20. The minimum atomic E-state index is -0.848. The molecule has 1 rings (SSSR count). The second-order valence-corrected chi connectivity index (χ2v) is 2.99. The van der Waals surface area contributed by atoms with Crippen LogP contribution in [0.4, 0.5) is 0 Å². The smallest absolute Gasteiger partial charge is 0.0796 e. The van der Waals surface area contributed by atoms with Crippen molar-refractivity contribution in [1.82, 2.24) is 0 Å². The largest absolute Gasteiger partial charge is 0.391 e. The molecule has 0 aromatic rings. The molecule has 1 fully saturated rings. The third-order valence-corrected chi connectivity index (χ3v) is 2.08. The van der Waals surface area contributed by atoms with Gasteiger partial charge in [-0.15, -0.1) is 0 Å². The SMILES string of the molecule is C[C@@]1(O)CC[C@H](O)[C@H]1N. The first-order valence-electron chi connectivity index (χ1n) is 3.20. The monoisotopic (exact) mass is 131 g/mol. The topological polar surface area (TPSA) is 66.5 Å². The van der Waals surface area contributed by atoms with Crippen molar-refractivity contribution in [2.24, 2.45) is 5.73 Å². The van der Waals surface area contributed by atoms with E-state index < -0.39 is 17.7 Å². The standard InChI is InChI=1S/C6H13NO2/c1-6(9)3-2-4(8)5(6)7/h4-5,8-9H,2-3,7H2,1H3/t4-,5+,6+/m0/s1. The lowest BCUT2D eigenvalue weighted by atomic mass is 10.0. The van der Waals surface area contributed by atoms with Crippen molar-refractivity contribution in [3.05, 3.63) is 0 Å². The van der Waals surface area contributed by atoms with E-state index in [4.69, 9.17) is 10.8 Å². The van der Waals surface area contributed by atoms with Gasteiger partial charge < -0.3 is 15.9 Å². The molecule has 1 aliphatic carbocycles. The predicted octanol–water partition coefficient (Wildman–Crippen LogP) is -0.781. The van der Waals surface area contributed by atoms with Crippen LogP contribution in [0, 0.1) is 0 Å². The molecule has 4 N–H and O–H groups in total. The third-order valence-electron chi connectivity index (χ3n) is 2.08. The lowest BCUT2D eigenvalue weighted by Crippen LogP contribution is -2.46. The average Bonchev–Trinajstić information content (AvgIpc) is 1.97. The molecule has 0 heterocycles. The zero-order valence-electron chi connectivity index (χ0n) is 5.54. The second kappa shape index (κ2) is 1.94. The van der Waals surface area contributed by atoms with Crippen molar-refractivity contribution in [3.63, 3.8) is 0 Å². The number of aliphatic hydroxyl groups is 2. The maximum Gasteiger partial charge on any atom is 0.0796 e. The Morgan fingerprint density at radius 3 is 2.33 bits per heavy atom. The Labute approximate surface area is 54.5 Å². The number of hydrogen-bond donors (Lipinski definition) is 3.